The van der Waals surface area contributed by atoms with Crippen molar-refractivity contribution in [1.82, 2.24) is 29.5 Å². The Kier molecular flexibility index (Phi) is 4.57. The minimum Gasteiger partial charge on any atom is -0.393 e. The molecule has 1 aromatic carbocycles. The number of nitrogens with one attached hydrogen (secondary N) is 1. The normalized spacial score (nSPS) is 19.4. The molecule has 28 heavy (non-hydrogen) atoms. The second-order valence-corrected chi connectivity index (χ2v) is 8.44. The van der Waals surface area contributed by atoms with E-state index in [0.29, 0.717) is 29.9 Å². The highest BCUT2D eigenvalue weighted by Gasteiger charge is 2.31. The zero-order chi connectivity index (χ0) is 19.9. The first kappa shape index (κ1) is 18.5. The van der Waals surface area contributed by atoms with Gasteiger partial charge >= 0.3 is 0 Å². The Morgan fingerprint density at radius 3 is 2.79 bits per heavy atom. The number of aromatic nitrogens is 5. The van der Waals surface area contributed by atoms with E-state index < -0.39 is 16.1 Å². The number of sulfonamides is 1. The van der Waals surface area contributed by atoms with E-state index in [4.69, 9.17) is 5.73 Å². The van der Waals surface area contributed by atoms with Crippen LogP contribution in [0.25, 0.3) is 17.1 Å². The summed E-state index contributed by atoms with van der Waals surface area (Å²) in [5.74, 6) is 0.491. The maximum Gasteiger partial charge on any atom is 0.240 e. The van der Waals surface area contributed by atoms with Crippen molar-refractivity contribution in [3.8, 4) is 17.1 Å². The number of aliphatic hydroxyl groups excluding tert-OH is 1. The molecule has 1 fully saturated rings. The summed E-state index contributed by atoms with van der Waals surface area (Å²) in [6.07, 6.45) is 4.70. The maximum atomic E-state index is 12.7. The molecule has 0 saturated heterocycles. The zero-order valence-corrected chi connectivity index (χ0v) is 15.8. The fraction of sp³-hybridized carbons (Fsp3) is 0.294. The van der Waals surface area contributed by atoms with Crippen molar-refractivity contribution in [2.75, 3.05) is 5.73 Å². The Morgan fingerprint density at radius 2 is 2.11 bits per heavy atom. The van der Waals surface area contributed by atoms with E-state index in [-0.39, 0.29) is 16.8 Å². The molecule has 0 spiro atoms. The number of nitrogens with two attached hydrogens (primary N) is 1. The van der Waals surface area contributed by atoms with Crippen LogP contribution >= 0.6 is 0 Å². The monoisotopic (exact) mass is 401 g/mol. The van der Waals surface area contributed by atoms with Gasteiger partial charge in [-0.15, -0.1) is 0 Å². The van der Waals surface area contributed by atoms with Crippen molar-refractivity contribution < 1.29 is 13.5 Å². The number of aryl methyl sites for hydroxylation is 1. The lowest BCUT2D eigenvalue weighted by Gasteiger charge is -2.31. The average Bonchev–Trinajstić information content (AvgIpc) is 3.15. The van der Waals surface area contributed by atoms with Gasteiger partial charge in [-0.25, -0.2) is 28.1 Å². The standard InChI is InChI=1S/C17H19N7O3S/c1-10-2-3-13(28(26,27)23-11-4-12(25)5-11)6-14(10)15-7-20-16(18)17(22-15)24-9-19-8-21-24/h2-3,6-9,11-12,23,25H,4-5H2,1H3,(H2,18,20). The summed E-state index contributed by atoms with van der Waals surface area (Å²) in [4.78, 5) is 12.6. The zero-order valence-electron chi connectivity index (χ0n) is 15.0. The van der Waals surface area contributed by atoms with Gasteiger partial charge in [0.25, 0.3) is 0 Å². The molecule has 4 N–H and O–H groups in total. The van der Waals surface area contributed by atoms with Crippen molar-refractivity contribution in [3.63, 3.8) is 0 Å². The minimum absolute atomic E-state index is 0.121. The molecule has 1 aliphatic rings. The summed E-state index contributed by atoms with van der Waals surface area (Å²) >= 11 is 0. The quantitative estimate of drug-likeness (QED) is 0.557. The second kappa shape index (κ2) is 6.93. The summed E-state index contributed by atoms with van der Waals surface area (Å²) in [5.41, 5.74) is 7.81. The maximum absolute atomic E-state index is 12.7. The number of nitrogen functional groups attached to an aromatic ring is 1. The Morgan fingerprint density at radius 1 is 1.32 bits per heavy atom. The van der Waals surface area contributed by atoms with E-state index in [1.807, 2.05) is 6.92 Å². The molecule has 4 rings (SSSR count). The molecule has 10 nitrogen and oxygen atoms in total. The summed E-state index contributed by atoms with van der Waals surface area (Å²) in [6, 6.07) is 4.56. The van der Waals surface area contributed by atoms with Crippen LogP contribution in [0, 0.1) is 6.92 Å². The van der Waals surface area contributed by atoms with Crippen molar-refractivity contribution in [2.24, 2.45) is 0 Å². The fourth-order valence-corrected chi connectivity index (χ4v) is 4.31. The summed E-state index contributed by atoms with van der Waals surface area (Å²) < 4.78 is 29.4. The smallest absolute Gasteiger partial charge is 0.240 e. The first-order chi connectivity index (χ1) is 13.3. The molecule has 146 valence electrons. The predicted molar refractivity (Wildman–Crippen MR) is 101 cm³/mol. The second-order valence-electron chi connectivity index (χ2n) is 6.72. The average molecular weight is 401 g/mol. The highest BCUT2D eigenvalue weighted by molar-refractivity contribution is 7.89. The highest BCUT2D eigenvalue weighted by Crippen LogP contribution is 2.28. The molecule has 3 aromatic rings. The van der Waals surface area contributed by atoms with E-state index in [1.165, 1.54) is 23.5 Å². The molecule has 1 saturated carbocycles. The van der Waals surface area contributed by atoms with Gasteiger partial charge in [0.1, 0.15) is 12.7 Å². The van der Waals surface area contributed by atoms with Crippen LogP contribution in [0.15, 0.2) is 41.9 Å². The lowest BCUT2D eigenvalue weighted by molar-refractivity contribution is 0.0712. The van der Waals surface area contributed by atoms with Crippen LogP contribution in [0.2, 0.25) is 0 Å². The van der Waals surface area contributed by atoms with E-state index in [9.17, 15) is 13.5 Å². The van der Waals surface area contributed by atoms with Gasteiger partial charge in [0, 0.05) is 11.6 Å². The summed E-state index contributed by atoms with van der Waals surface area (Å²) in [6.45, 7) is 1.86. The van der Waals surface area contributed by atoms with Gasteiger partial charge in [-0.1, -0.05) is 6.07 Å². The topological polar surface area (TPSA) is 149 Å². The van der Waals surface area contributed by atoms with Gasteiger partial charge in [0.05, 0.1) is 22.9 Å². The number of hydrogen-bond donors (Lipinski definition) is 3. The van der Waals surface area contributed by atoms with Gasteiger partial charge in [0.15, 0.2) is 11.6 Å². The summed E-state index contributed by atoms with van der Waals surface area (Å²) in [5, 5.41) is 13.4. The van der Waals surface area contributed by atoms with Crippen LogP contribution in [0.5, 0.6) is 0 Å². The first-order valence-corrected chi connectivity index (χ1v) is 10.1. The molecular formula is C17H19N7O3S. The molecular weight excluding hydrogens is 382 g/mol. The molecule has 0 aliphatic heterocycles. The third-order valence-electron chi connectivity index (χ3n) is 4.65. The van der Waals surface area contributed by atoms with E-state index in [0.717, 1.165) is 5.56 Å². The number of hydrogen-bond acceptors (Lipinski definition) is 8. The Labute approximate surface area is 161 Å². The molecule has 11 heteroatoms. The molecule has 0 radical (unpaired) electrons. The van der Waals surface area contributed by atoms with Crippen LogP contribution in [-0.2, 0) is 10.0 Å². The number of benzene rings is 1. The SMILES string of the molecule is Cc1ccc(S(=O)(=O)NC2CC(O)C2)cc1-c1cnc(N)c(-n2cncn2)n1. The van der Waals surface area contributed by atoms with Crippen LogP contribution in [0.4, 0.5) is 5.82 Å². The third kappa shape index (κ3) is 3.46. The van der Waals surface area contributed by atoms with Crippen LogP contribution in [0.3, 0.4) is 0 Å². The Balaban J connectivity index is 1.71. The van der Waals surface area contributed by atoms with Crippen molar-refractivity contribution >= 4 is 15.8 Å². The molecule has 2 aromatic heterocycles. The molecule has 1 aliphatic carbocycles. The van der Waals surface area contributed by atoms with E-state index in [1.54, 1.807) is 18.2 Å². The molecule has 2 heterocycles. The van der Waals surface area contributed by atoms with Gasteiger partial charge in [-0.3, -0.25) is 0 Å². The number of anilines is 1. The minimum atomic E-state index is -3.71. The van der Waals surface area contributed by atoms with Gasteiger partial charge in [-0.2, -0.15) is 9.78 Å². The summed E-state index contributed by atoms with van der Waals surface area (Å²) in [7, 11) is -3.71. The van der Waals surface area contributed by atoms with Crippen molar-refractivity contribution in [3.05, 3.63) is 42.6 Å². The van der Waals surface area contributed by atoms with Crippen LogP contribution < -0.4 is 10.5 Å². The highest BCUT2D eigenvalue weighted by atomic mass is 32.2. The first-order valence-electron chi connectivity index (χ1n) is 8.62. The molecule has 0 atom stereocenters. The largest absolute Gasteiger partial charge is 0.393 e. The number of rotatable bonds is 5. The van der Waals surface area contributed by atoms with Gasteiger partial charge in [0.2, 0.25) is 10.0 Å². The lowest BCUT2D eigenvalue weighted by Crippen LogP contribution is -2.46. The number of aliphatic hydroxyl groups is 1. The molecule has 0 amide bonds. The Hall–Kier alpha value is -2.89. The van der Waals surface area contributed by atoms with Crippen LogP contribution in [-0.4, -0.2) is 50.4 Å². The van der Waals surface area contributed by atoms with Gasteiger partial charge < -0.3 is 10.8 Å². The molecule has 0 unspecified atom stereocenters. The van der Waals surface area contributed by atoms with Crippen molar-refractivity contribution in [1.29, 1.82) is 0 Å². The predicted octanol–water partition coefficient (Wildman–Crippen LogP) is 0.417. The van der Waals surface area contributed by atoms with Crippen LogP contribution in [0.1, 0.15) is 18.4 Å². The van der Waals surface area contributed by atoms with Gasteiger partial charge in [-0.05, 0) is 37.5 Å². The Bertz CT molecular complexity index is 1110. The fourth-order valence-electron chi connectivity index (χ4n) is 3.02. The lowest BCUT2D eigenvalue weighted by atomic mass is 9.91. The van der Waals surface area contributed by atoms with E-state index in [2.05, 4.69) is 24.8 Å². The molecule has 0 bridgehead atoms. The number of nitrogens with zero attached hydrogens (tertiary/aromatic N) is 5. The van der Waals surface area contributed by atoms with E-state index >= 15 is 0 Å². The third-order valence-corrected chi connectivity index (χ3v) is 6.17. The van der Waals surface area contributed by atoms with Crippen molar-refractivity contribution in [2.45, 2.75) is 36.8 Å².